The van der Waals surface area contributed by atoms with Crippen LogP contribution in [0.5, 0.6) is 0 Å². The Hall–Kier alpha value is -1.69. The molecule has 1 fully saturated rings. The number of aromatic nitrogens is 2. The molecule has 0 aromatic carbocycles. The number of carbonyl (C=O) groups is 1. The van der Waals surface area contributed by atoms with Crippen molar-refractivity contribution in [2.75, 3.05) is 31.1 Å². The van der Waals surface area contributed by atoms with Gasteiger partial charge >= 0.3 is 0 Å². The Morgan fingerprint density at radius 3 is 2.63 bits per heavy atom. The second-order valence-electron chi connectivity index (χ2n) is 8.31. The monoisotopic (exact) mass is 386 g/mol. The van der Waals surface area contributed by atoms with E-state index in [9.17, 15) is 4.79 Å². The molecule has 0 spiro atoms. The summed E-state index contributed by atoms with van der Waals surface area (Å²) in [6.07, 6.45) is 4.15. The summed E-state index contributed by atoms with van der Waals surface area (Å²) in [4.78, 5) is 29.0. The zero-order valence-electron chi connectivity index (χ0n) is 16.9. The van der Waals surface area contributed by atoms with E-state index in [1.807, 2.05) is 23.2 Å². The molecule has 1 amide bonds. The van der Waals surface area contributed by atoms with Gasteiger partial charge in [0.15, 0.2) is 0 Å². The first kappa shape index (κ1) is 18.7. The van der Waals surface area contributed by atoms with Gasteiger partial charge in [-0.2, -0.15) is 0 Å². The van der Waals surface area contributed by atoms with Gasteiger partial charge in [-0.3, -0.25) is 4.79 Å². The number of hydrogen-bond donors (Lipinski definition) is 0. The van der Waals surface area contributed by atoms with Crippen molar-refractivity contribution >= 4 is 33.3 Å². The number of amides is 1. The van der Waals surface area contributed by atoms with Crippen LogP contribution in [-0.2, 0) is 17.6 Å². The van der Waals surface area contributed by atoms with Gasteiger partial charge in [0.1, 0.15) is 16.5 Å². The SMILES string of the molecule is CCC(=O)N1CCN(c2nc(C(C)C)nc3sc4c(c23)CC[C@H](C)C4)CC1. The van der Waals surface area contributed by atoms with E-state index < -0.39 is 0 Å². The summed E-state index contributed by atoms with van der Waals surface area (Å²) in [6.45, 7) is 11.9. The third-order valence-electron chi connectivity index (χ3n) is 5.90. The zero-order chi connectivity index (χ0) is 19.1. The molecule has 0 unspecified atom stereocenters. The van der Waals surface area contributed by atoms with E-state index in [1.165, 1.54) is 28.7 Å². The maximum atomic E-state index is 12.0. The van der Waals surface area contributed by atoms with Gasteiger partial charge in [0.25, 0.3) is 0 Å². The quantitative estimate of drug-likeness (QED) is 0.800. The summed E-state index contributed by atoms with van der Waals surface area (Å²) >= 11 is 1.88. The molecule has 1 atom stereocenters. The Labute approximate surface area is 165 Å². The third kappa shape index (κ3) is 3.44. The van der Waals surface area contributed by atoms with E-state index in [0.29, 0.717) is 12.3 Å². The number of thiophene rings is 1. The Bertz CT molecular complexity index is 851. The molecule has 3 heterocycles. The lowest BCUT2D eigenvalue weighted by atomic mass is 9.89. The van der Waals surface area contributed by atoms with Gasteiger partial charge in [-0.25, -0.2) is 9.97 Å². The standard InChI is InChI=1S/C21H30N4OS/c1-5-17(26)24-8-10-25(11-9-24)20-18-15-7-6-14(4)12-16(15)27-21(18)23-19(22-20)13(2)3/h13-14H,5-12H2,1-4H3/t14-/m0/s1. The summed E-state index contributed by atoms with van der Waals surface area (Å²) in [5.41, 5.74) is 1.49. The van der Waals surface area contributed by atoms with E-state index in [0.717, 1.165) is 55.0 Å². The van der Waals surface area contributed by atoms with E-state index in [-0.39, 0.29) is 5.91 Å². The highest BCUT2D eigenvalue weighted by Gasteiger charge is 2.28. The smallest absolute Gasteiger partial charge is 0.222 e. The van der Waals surface area contributed by atoms with Crippen LogP contribution >= 0.6 is 11.3 Å². The molecule has 0 bridgehead atoms. The minimum absolute atomic E-state index is 0.257. The third-order valence-corrected chi connectivity index (χ3v) is 7.05. The Morgan fingerprint density at radius 1 is 1.22 bits per heavy atom. The van der Waals surface area contributed by atoms with Crippen LogP contribution in [0.25, 0.3) is 10.2 Å². The average molecular weight is 387 g/mol. The van der Waals surface area contributed by atoms with Crippen LogP contribution in [-0.4, -0.2) is 47.0 Å². The van der Waals surface area contributed by atoms with Crippen LogP contribution in [0.4, 0.5) is 5.82 Å². The number of aryl methyl sites for hydroxylation is 1. The molecular formula is C21H30N4OS. The molecule has 27 heavy (non-hydrogen) atoms. The molecular weight excluding hydrogens is 356 g/mol. The molecule has 1 aliphatic heterocycles. The van der Waals surface area contributed by atoms with Crippen LogP contribution in [0.1, 0.15) is 62.7 Å². The largest absolute Gasteiger partial charge is 0.352 e. The summed E-state index contributed by atoms with van der Waals surface area (Å²) in [7, 11) is 0. The fourth-order valence-corrected chi connectivity index (χ4v) is 5.60. The normalized spacial score (nSPS) is 20.4. The maximum Gasteiger partial charge on any atom is 0.222 e. The van der Waals surface area contributed by atoms with Crippen molar-refractivity contribution in [1.29, 1.82) is 0 Å². The number of hydrogen-bond acceptors (Lipinski definition) is 5. The second kappa shape index (κ2) is 7.38. The molecule has 1 saturated heterocycles. The number of rotatable bonds is 3. The van der Waals surface area contributed by atoms with Crippen molar-refractivity contribution in [1.82, 2.24) is 14.9 Å². The van der Waals surface area contributed by atoms with Crippen LogP contribution in [0.15, 0.2) is 0 Å². The summed E-state index contributed by atoms with van der Waals surface area (Å²) in [5.74, 6) is 3.38. The van der Waals surface area contributed by atoms with Gasteiger partial charge in [-0.15, -0.1) is 11.3 Å². The van der Waals surface area contributed by atoms with Crippen molar-refractivity contribution < 1.29 is 4.79 Å². The molecule has 0 N–H and O–H groups in total. The van der Waals surface area contributed by atoms with Crippen LogP contribution in [0, 0.1) is 5.92 Å². The molecule has 0 radical (unpaired) electrons. The highest BCUT2D eigenvalue weighted by Crippen LogP contribution is 2.41. The number of anilines is 1. The molecule has 6 heteroatoms. The zero-order valence-corrected chi connectivity index (χ0v) is 17.7. The van der Waals surface area contributed by atoms with E-state index in [4.69, 9.17) is 9.97 Å². The Morgan fingerprint density at radius 2 is 1.96 bits per heavy atom. The van der Waals surface area contributed by atoms with Gasteiger partial charge in [-0.1, -0.05) is 27.7 Å². The lowest BCUT2D eigenvalue weighted by Gasteiger charge is -2.36. The fourth-order valence-electron chi connectivity index (χ4n) is 4.22. The van der Waals surface area contributed by atoms with Gasteiger partial charge in [-0.05, 0) is 30.7 Å². The second-order valence-corrected chi connectivity index (χ2v) is 9.40. The van der Waals surface area contributed by atoms with Crippen LogP contribution in [0.2, 0.25) is 0 Å². The minimum Gasteiger partial charge on any atom is -0.352 e. The number of nitrogens with zero attached hydrogens (tertiary/aromatic N) is 4. The molecule has 2 aliphatic rings. The molecule has 4 rings (SSSR count). The van der Waals surface area contributed by atoms with Crippen molar-refractivity contribution in [3.05, 3.63) is 16.3 Å². The minimum atomic E-state index is 0.257. The topological polar surface area (TPSA) is 49.3 Å². The van der Waals surface area contributed by atoms with Crippen molar-refractivity contribution in [2.45, 2.75) is 59.3 Å². The Balaban J connectivity index is 1.74. The van der Waals surface area contributed by atoms with Crippen molar-refractivity contribution in [2.24, 2.45) is 5.92 Å². The summed E-state index contributed by atoms with van der Waals surface area (Å²) in [5, 5.41) is 1.29. The lowest BCUT2D eigenvalue weighted by molar-refractivity contribution is -0.131. The first-order valence-corrected chi connectivity index (χ1v) is 11.1. The molecule has 2 aromatic heterocycles. The van der Waals surface area contributed by atoms with Crippen LogP contribution in [0.3, 0.4) is 0 Å². The number of piperazine rings is 1. The lowest BCUT2D eigenvalue weighted by Crippen LogP contribution is -2.49. The van der Waals surface area contributed by atoms with Gasteiger partial charge in [0, 0.05) is 43.4 Å². The first-order chi connectivity index (χ1) is 13.0. The van der Waals surface area contributed by atoms with Gasteiger partial charge in [0.05, 0.1) is 5.39 Å². The van der Waals surface area contributed by atoms with E-state index in [1.54, 1.807) is 0 Å². The predicted octanol–water partition coefficient (Wildman–Crippen LogP) is 4.00. The molecule has 2 aromatic rings. The highest BCUT2D eigenvalue weighted by molar-refractivity contribution is 7.19. The van der Waals surface area contributed by atoms with Crippen molar-refractivity contribution in [3.63, 3.8) is 0 Å². The Kier molecular flexibility index (Phi) is 5.10. The predicted molar refractivity (Wildman–Crippen MR) is 112 cm³/mol. The van der Waals surface area contributed by atoms with Gasteiger partial charge < -0.3 is 9.80 Å². The number of fused-ring (bicyclic) bond motifs is 3. The maximum absolute atomic E-state index is 12.0. The van der Waals surface area contributed by atoms with Crippen LogP contribution < -0.4 is 4.90 Å². The van der Waals surface area contributed by atoms with Gasteiger partial charge in [0.2, 0.25) is 5.91 Å². The average Bonchev–Trinajstić information content (AvgIpc) is 3.04. The molecule has 5 nitrogen and oxygen atoms in total. The summed E-state index contributed by atoms with van der Waals surface area (Å²) < 4.78 is 0. The first-order valence-electron chi connectivity index (χ1n) is 10.3. The highest BCUT2D eigenvalue weighted by atomic mass is 32.1. The molecule has 0 saturated carbocycles. The van der Waals surface area contributed by atoms with E-state index >= 15 is 0 Å². The molecule has 1 aliphatic carbocycles. The fraction of sp³-hybridized carbons (Fsp3) is 0.667. The summed E-state index contributed by atoms with van der Waals surface area (Å²) in [6, 6.07) is 0. The van der Waals surface area contributed by atoms with E-state index in [2.05, 4.69) is 25.7 Å². The molecule has 146 valence electrons. The van der Waals surface area contributed by atoms with Crippen molar-refractivity contribution in [3.8, 4) is 0 Å². The number of carbonyl (C=O) groups excluding carboxylic acids is 1.